The van der Waals surface area contributed by atoms with Gasteiger partial charge in [-0.1, -0.05) is 0 Å². The maximum Gasteiger partial charge on any atom is 0.337 e. The average Bonchev–Trinajstić information content (AvgIpc) is 2.92. The Labute approximate surface area is 120 Å². The highest BCUT2D eigenvalue weighted by Crippen LogP contribution is 2.12. The molecule has 1 aromatic carbocycles. The number of amides is 1. The molecule has 0 saturated heterocycles. The molecule has 0 bridgehead atoms. The lowest BCUT2D eigenvalue weighted by atomic mass is 10.1. The monoisotopic (exact) mass is 291 g/mol. The molecule has 1 aromatic heterocycles. The van der Waals surface area contributed by atoms with E-state index in [1.54, 1.807) is 13.2 Å². The van der Waals surface area contributed by atoms with Crippen LogP contribution >= 0.6 is 0 Å². The van der Waals surface area contributed by atoms with Crippen molar-refractivity contribution in [1.82, 2.24) is 15.1 Å². The van der Waals surface area contributed by atoms with Crippen molar-refractivity contribution in [2.24, 2.45) is 7.05 Å². The predicted octanol–water partition coefficient (Wildman–Crippen LogP) is 1.28. The molecule has 110 valence electrons. The minimum absolute atomic E-state index is 0.0373. The molecule has 0 aliphatic heterocycles. The fourth-order valence-corrected chi connectivity index (χ4v) is 1.77. The van der Waals surface area contributed by atoms with Crippen molar-refractivity contribution in [3.05, 3.63) is 53.1 Å². The number of nitrogens with zero attached hydrogens (tertiary/aromatic N) is 2. The minimum Gasteiger partial charge on any atom is -0.465 e. The minimum atomic E-state index is -0.560. The Morgan fingerprint density at radius 1 is 1.38 bits per heavy atom. The average molecular weight is 291 g/mol. The number of halogens is 1. The van der Waals surface area contributed by atoms with Crippen LogP contribution in [0, 0.1) is 5.82 Å². The van der Waals surface area contributed by atoms with Gasteiger partial charge in [-0.15, -0.1) is 0 Å². The third-order valence-corrected chi connectivity index (χ3v) is 2.87. The summed E-state index contributed by atoms with van der Waals surface area (Å²) >= 11 is 0. The molecule has 0 spiro atoms. The number of carbonyl (C=O) groups is 2. The van der Waals surface area contributed by atoms with Crippen LogP contribution in [0.25, 0.3) is 0 Å². The van der Waals surface area contributed by atoms with E-state index in [-0.39, 0.29) is 23.6 Å². The molecule has 0 aliphatic carbocycles. The smallest absolute Gasteiger partial charge is 0.337 e. The number of methoxy groups -OCH3 is 1. The Bertz CT molecular complexity index is 682. The van der Waals surface area contributed by atoms with E-state index in [0.717, 1.165) is 6.07 Å². The van der Waals surface area contributed by atoms with Crippen LogP contribution in [0.15, 0.2) is 30.6 Å². The number of nitrogens with one attached hydrogen (secondary N) is 1. The Kier molecular flexibility index (Phi) is 4.32. The summed E-state index contributed by atoms with van der Waals surface area (Å²) in [6.07, 6.45) is 2.97. The van der Waals surface area contributed by atoms with Gasteiger partial charge in [-0.2, -0.15) is 5.10 Å². The van der Waals surface area contributed by atoms with Crippen LogP contribution in [0.4, 0.5) is 4.39 Å². The lowest BCUT2D eigenvalue weighted by Crippen LogP contribution is -2.23. The largest absolute Gasteiger partial charge is 0.465 e. The van der Waals surface area contributed by atoms with Gasteiger partial charge in [-0.05, 0) is 18.2 Å². The van der Waals surface area contributed by atoms with E-state index in [1.165, 1.54) is 30.1 Å². The Hall–Kier alpha value is -2.70. The van der Waals surface area contributed by atoms with E-state index in [9.17, 15) is 14.0 Å². The van der Waals surface area contributed by atoms with Crippen molar-refractivity contribution in [3.63, 3.8) is 0 Å². The first-order chi connectivity index (χ1) is 10.0. The lowest BCUT2D eigenvalue weighted by Gasteiger charge is -2.07. The second kappa shape index (κ2) is 6.17. The van der Waals surface area contributed by atoms with Crippen LogP contribution in [-0.4, -0.2) is 28.8 Å². The van der Waals surface area contributed by atoms with Crippen LogP contribution in [0.5, 0.6) is 0 Å². The number of benzene rings is 1. The van der Waals surface area contributed by atoms with Crippen LogP contribution in [0.3, 0.4) is 0 Å². The van der Waals surface area contributed by atoms with Crippen molar-refractivity contribution in [2.45, 2.75) is 6.54 Å². The number of rotatable bonds is 4. The van der Waals surface area contributed by atoms with Gasteiger partial charge in [0.25, 0.3) is 5.91 Å². The maximum absolute atomic E-state index is 13.7. The summed E-state index contributed by atoms with van der Waals surface area (Å²) in [5, 5.41) is 6.45. The zero-order chi connectivity index (χ0) is 15.4. The molecule has 7 heteroatoms. The number of hydrogen-bond acceptors (Lipinski definition) is 4. The summed E-state index contributed by atoms with van der Waals surface area (Å²) in [4.78, 5) is 23.2. The van der Waals surface area contributed by atoms with Crippen LogP contribution in [0.2, 0.25) is 0 Å². The first-order valence-electron chi connectivity index (χ1n) is 6.15. The van der Waals surface area contributed by atoms with Crippen molar-refractivity contribution in [3.8, 4) is 0 Å². The van der Waals surface area contributed by atoms with Crippen molar-refractivity contribution < 1.29 is 18.7 Å². The number of carbonyl (C=O) groups excluding carboxylic acids is 2. The molecule has 0 unspecified atom stereocenters. The summed E-state index contributed by atoms with van der Waals surface area (Å²) < 4.78 is 19.7. The third-order valence-electron chi connectivity index (χ3n) is 2.87. The molecule has 2 rings (SSSR count). The number of aromatic nitrogens is 2. The van der Waals surface area contributed by atoms with Gasteiger partial charge in [-0.3, -0.25) is 9.48 Å². The fourth-order valence-electron chi connectivity index (χ4n) is 1.77. The van der Waals surface area contributed by atoms with Crippen molar-refractivity contribution in [1.29, 1.82) is 0 Å². The van der Waals surface area contributed by atoms with Gasteiger partial charge >= 0.3 is 5.97 Å². The van der Waals surface area contributed by atoms with Crippen LogP contribution < -0.4 is 5.32 Å². The standard InChI is InChI=1S/C14H14FN3O3/c1-18-8-11(7-17-18)13(19)16-6-10-5-9(14(20)21-2)3-4-12(10)15/h3-5,7-8H,6H2,1-2H3,(H,16,19). The topological polar surface area (TPSA) is 73.2 Å². The SMILES string of the molecule is COC(=O)c1ccc(F)c(CNC(=O)c2cnn(C)c2)c1. The number of hydrogen-bond donors (Lipinski definition) is 1. The first-order valence-corrected chi connectivity index (χ1v) is 6.15. The van der Waals surface area contributed by atoms with Gasteiger partial charge in [0.1, 0.15) is 5.82 Å². The zero-order valence-corrected chi connectivity index (χ0v) is 11.6. The fraction of sp³-hybridized carbons (Fsp3) is 0.214. The molecule has 1 N–H and O–H groups in total. The van der Waals surface area contributed by atoms with Crippen LogP contribution in [0.1, 0.15) is 26.3 Å². The Morgan fingerprint density at radius 2 is 2.14 bits per heavy atom. The number of esters is 1. The molecule has 2 aromatic rings. The molecule has 0 saturated carbocycles. The van der Waals surface area contributed by atoms with Crippen LogP contribution in [-0.2, 0) is 18.3 Å². The van der Waals surface area contributed by atoms with Gasteiger partial charge in [0.2, 0.25) is 0 Å². The normalized spacial score (nSPS) is 10.2. The second-order valence-electron chi connectivity index (χ2n) is 4.38. The van der Waals surface area contributed by atoms with Crippen molar-refractivity contribution in [2.75, 3.05) is 7.11 Å². The molecular formula is C14H14FN3O3. The number of ether oxygens (including phenoxy) is 1. The summed E-state index contributed by atoms with van der Waals surface area (Å²) in [7, 11) is 2.94. The van der Waals surface area contributed by atoms with Crippen molar-refractivity contribution >= 4 is 11.9 Å². The van der Waals surface area contributed by atoms with Gasteiger partial charge < -0.3 is 10.1 Å². The highest BCUT2D eigenvalue weighted by molar-refractivity contribution is 5.93. The summed E-state index contributed by atoms with van der Waals surface area (Å²) in [6, 6.07) is 3.84. The second-order valence-corrected chi connectivity index (χ2v) is 4.38. The van der Waals surface area contributed by atoms with Gasteiger partial charge in [0.05, 0.1) is 24.4 Å². The van der Waals surface area contributed by atoms with E-state index in [2.05, 4.69) is 15.2 Å². The van der Waals surface area contributed by atoms with E-state index >= 15 is 0 Å². The van der Waals surface area contributed by atoms with Gasteiger partial charge in [-0.25, -0.2) is 9.18 Å². The number of aryl methyl sites for hydroxylation is 1. The Balaban J connectivity index is 2.09. The van der Waals surface area contributed by atoms with E-state index < -0.39 is 11.8 Å². The predicted molar refractivity (Wildman–Crippen MR) is 72.1 cm³/mol. The summed E-state index contributed by atoms with van der Waals surface area (Å²) in [5.74, 6) is -1.44. The zero-order valence-electron chi connectivity index (χ0n) is 11.6. The van der Waals surface area contributed by atoms with Gasteiger partial charge in [0, 0.05) is 25.4 Å². The molecule has 1 heterocycles. The molecule has 6 nitrogen and oxygen atoms in total. The molecule has 21 heavy (non-hydrogen) atoms. The highest BCUT2D eigenvalue weighted by Gasteiger charge is 2.12. The van der Waals surface area contributed by atoms with Gasteiger partial charge in [0.15, 0.2) is 0 Å². The molecule has 1 amide bonds. The Morgan fingerprint density at radius 3 is 2.76 bits per heavy atom. The molecule has 0 aliphatic rings. The molecule has 0 atom stereocenters. The van der Waals surface area contributed by atoms with E-state index in [0.29, 0.717) is 5.56 Å². The highest BCUT2D eigenvalue weighted by atomic mass is 19.1. The molecule has 0 fully saturated rings. The summed E-state index contributed by atoms with van der Waals surface area (Å²) in [6.45, 7) is -0.0373. The third kappa shape index (κ3) is 3.44. The molecular weight excluding hydrogens is 277 g/mol. The maximum atomic E-state index is 13.7. The first kappa shape index (κ1) is 14.7. The molecule has 0 radical (unpaired) electrons. The summed E-state index contributed by atoms with van der Waals surface area (Å²) in [5.41, 5.74) is 0.807. The lowest BCUT2D eigenvalue weighted by molar-refractivity contribution is 0.0600. The van der Waals surface area contributed by atoms with E-state index in [1.807, 2.05) is 0 Å². The van der Waals surface area contributed by atoms with E-state index in [4.69, 9.17) is 0 Å². The quantitative estimate of drug-likeness (QED) is 0.861.